The predicted molar refractivity (Wildman–Crippen MR) is 92.3 cm³/mol. The summed E-state index contributed by atoms with van der Waals surface area (Å²) in [6.07, 6.45) is 1.93. The smallest absolute Gasteiger partial charge is 0.282 e. The number of rotatable bonds is 6. The molecule has 1 unspecified atom stereocenters. The second-order valence-corrected chi connectivity index (χ2v) is 6.09. The number of hydrogen-bond acceptors (Lipinski definition) is 4. The molecular formula is C16H19ClN4O3. The Kier molecular flexibility index (Phi) is 5.58. The van der Waals surface area contributed by atoms with Crippen molar-refractivity contribution in [2.45, 2.75) is 6.04 Å². The molecule has 2 aromatic rings. The number of nitrogens with one attached hydrogen (secondary N) is 1. The molecule has 0 aliphatic rings. The van der Waals surface area contributed by atoms with Crippen LogP contribution in [0.5, 0.6) is 0 Å². The van der Waals surface area contributed by atoms with E-state index < -0.39 is 10.8 Å². The molecule has 0 aliphatic carbocycles. The monoisotopic (exact) mass is 350 g/mol. The first-order valence-corrected chi connectivity index (χ1v) is 7.69. The third kappa shape index (κ3) is 3.93. The van der Waals surface area contributed by atoms with Gasteiger partial charge in [-0.05, 0) is 38.4 Å². The van der Waals surface area contributed by atoms with Crippen LogP contribution in [0.25, 0.3) is 0 Å². The zero-order chi connectivity index (χ0) is 17.9. The highest BCUT2D eigenvalue weighted by atomic mass is 35.5. The first-order chi connectivity index (χ1) is 11.3. The number of aryl methyl sites for hydroxylation is 1. The van der Waals surface area contributed by atoms with Crippen molar-refractivity contribution in [1.82, 2.24) is 14.8 Å². The normalized spacial score (nSPS) is 12.2. The Morgan fingerprint density at radius 2 is 2.12 bits per heavy atom. The van der Waals surface area contributed by atoms with Crippen molar-refractivity contribution >= 4 is 23.2 Å². The lowest BCUT2D eigenvalue weighted by Crippen LogP contribution is -2.35. The summed E-state index contributed by atoms with van der Waals surface area (Å²) in [6.45, 7) is 0.313. The van der Waals surface area contributed by atoms with E-state index in [1.165, 1.54) is 18.2 Å². The van der Waals surface area contributed by atoms with Gasteiger partial charge < -0.3 is 9.88 Å². The Morgan fingerprint density at radius 3 is 2.67 bits per heavy atom. The largest absolute Gasteiger partial charge is 0.353 e. The number of halogens is 1. The fraction of sp³-hybridized carbons (Fsp3) is 0.312. The SMILES string of the molecule is CN(C)C(CNC(=O)c1cc(Cl)ccc1[N+](=O)[O-])c1cccn1C. The summed E-state index contributed by atoms with van der Waals surface area (Å²) in [5.74, 6) is -0.523. The lowest BCUT2D eigenvalue weighted by Gasteiger charge is -2.25. The Bertz CT molecular complexity index is 758. The Morgan fingerprint density at radius 1 is 1.42 bits per heavy atom. The summed E-state index contributed by atoms with van der Waals surface area (Å²) >= 11 is 5.87. The first kappa shape index (κ1) is 18.0. The maximum atomic E-state index is 12.4. The molecule has 0 radical (unpaired) electrons. The minimum atomic E-state index is -0.591. The molecule has 1 atom stereocenters. The molecule has 0 spiro atoms. The van der Waals surface area contributed by atoms with E-state index >= 15 is 0 Å². The molecule has 0 aliphatic heterocycles. The number of amides is 1. The molecule has 1 heterocycles. The zero-order valence-electron chi connectivity index (χ0n) is 13.7. The molecule has 2 rings (SSSR count). The summed E-state index contributed by atoms with van der Waals surface area (Å²) in [7, 11) is 5.74. The summed E-state index contributed by atoms with van der Waals surface area (Å²) in [5, 5.41) is 14.1. The predicted octanol–water partition coefficient (Wildman–Crippen LogP) is 2.62. The van der Waals surface area contributed by atoms with E-state index in [0.29, 0.717) is 6.54 Å². The number of nitro benzene ring substituents is 1. The van der Waals surface area contributed by atoms with Gasteiger partial charge in [0.15, 0.2) is 0 Å². The minimum absolute atomic E-state index is 0.0445. The van der Waals surface area contributed by atoms with Crippen LogP contribution in [-0.4, -0.2) is 40.9 Å². The zero-order valence-corrected chi connectivity index (χ0v) is 14.4. The molecular weight excluding hydrogens is 332 g/mol. The van der Waals surface area contributed by atoms with Crippen molar-refractivity contribution in [3.05, 3.63) is 62.9 Å². The molecule has 1 N–H and O–H groups in total. The Hall–Kier alpha value is -2.38. The second-order valence-electron chi connectivity index (χ2n) is 5.65. The number of carbonyl (C=O) groups is 1. The lowest BCUT2D eigenvalue weighted by molar-refractivity contribution is -0.385. The molecule has 0 fully saturated rings. The number of nitro groups is 1. The van der Waals surface area contributed by atoms with Crippen molar-refractivity contribution in [1.29, 1.82) is 0 Å². The highest BCUT2D eigenvalue weighted by molar-refractivity contribution is 6.31. The van der Waals surface area contributed by atoms with Gasteiger partial charge in [-0.1, -0.05) is 11.6 Å². The third-order valence-corrected chi connectivity index (χ3v) is 4.04. The van der Waals surface area contributed by atoms with Crippen LogP contribution in [0.15, 0.2) is 36.5 Å². The van der Waals surface area contributed by atoms with Gasteiger partial charge in [0.2, 0.25) is 0 Å². The van der Waals surface area contributed by atoms with Crippen LogP contribution in [0, 0.1) is 10.1 Å². The average Bonchev–Trinajstić information content (AvgIpc) is 2.92. The van der Waals surface area contributed by atoms with Crippen LogP contribution < -0.4 is 5.32 Å². The van der Waals surface area contributed by atoms with Crippen molar-refractivity contribution in [3.63, 3.8) is 0 Å². The van der Waals surface area contributed by atoms with E-state index in [1.54, 1.807) is 0 Å². The van der Waals surface area contributed by atoms with Crippen molar-refractivity contribution in [2.75, 3.05) is 20.6 Å². The second kappa shape index (κ2) is 7.46. The van der Waals surface area contributed by atoms with Gasteiger partial charge in [-0.2, -0.15) is 0 Å². The van der Waals surface area contributed by atoms with Gasteiger partial charge >= 0.3 is 0 Å². The van der Waals surface area contributed by atoms with Crippen LogP contribution in [0.4, 0.5) is 5.69 Å². The first-order valence-electron chi connectivity index (χ1n) is 7.31. The molecule has 24 heavy (non-hydrogen) atoms. The van der Waals surface area contributed by atoms with Gasteiger partial charge in [0.05, 0.1) is 11.0 Å². The quantitative estimate of drug-likeness (QED) is 0.641. The van der Waals surface area contributed by atoms with Crippen LogP contribution in [0.1, 0.15) is 22.1 Å². The number of hydrogen-bond donors (Lipinski definition) is 1. The molecule has 128 valence electrons. The third-order valence-electron chi connectivity index (χ3n) is 3.80. The summed E-state index contributed by atoms with van der Waals surface area (Å²) < 4.78 is 1.97. The lowest BCUT2D eigenvalue weighted by atomic mass is 10.1. The van der Waals surface area contributed by atoms with Gasteiger partial charge in [-0.25, -0.2) is 0 Å². The van der Waals surface area contributed by atoms with E-state index in [9.17, 15) is 14.9 Å². The van der Waals surface area contributed by atoms with E-state index in [2.05, 4.69) is 5.32 Å². The molecule has 8 heteroatoms. The van der Waals surface area contributed by atoms with E-state index in [1.807, 2.05) is 48.9 Å². The molecule has 1 amide bonds. The number of likely N-dealkylation sites (N-methyl/N-ethyl adjacent to an activating group) is 1. The molecule has 0 saturated carbocycles. The van der Waals surface area contributed by atoms with E-state index in [4.69, 9.17) is 11.6 Å². The highest BCUT2D eigenvalue weighted by Gasteiger charge is 2.23. The maximum absolute atomic E-state index is 12.4. The van der Waals surface area contributed by atoms with Crippen molar-refractivity contribution in [2.24, 2.45) is 7.05 Å². The van der Waals surface area contributed by atoms with Crippen LogP contribution in [-0.2, 0) is 7.05 Å². The standard InChI is InChI=1S/C16H19ClN4O3/c1-19(2)15(14-5-4-8-20(14)3)10-18-16(22)12-9-11(17)6-7-13(12)21(23)24/h4-9,15H,10H2,1-3H3,(H,18,22). The molecule has 1 aromatic heterocycles. The fourth-order valence-electron chi connectivity index (χ4n) is 2.51. The van der Waals surface area contributed by atoms with Crippen LogP contribution in [0.3, 0.4) is 0 Å². The molecule has 0 bridgehead atoms. The molecule has 7 nitrogen and oxygen atoms in total. The van der Waals surface area contributed by atoms with E-state index in [-0.39, 0.29) is 22.3 Å². The number of aromatic nitrogens is 1. The number of carbonyl (C=O) groups excluding carboxylic acids is 1. The summed E-state index contributed by atoms with van der Waals surface area (Å²) in [5.41, 5.74) is 0.718. The van der Waals surface area contributed by atoms with Crippen molar-refractivity contribution in [3.8, 4) is 0 Å². The van der Waals surface area contributed by atoms with Gasteiger partial charge in [-0.3, -0.25) is 19.8 Å². The number of nitrogens with zero attached hydrogens (tertiary/aromatic N) is 3. The summed E-state index contributed by atoms with van der Waals surface area (Å²) in [4.78, 5) is 24.9. The Labute approximate surface area is 145 Å². The van der Waals surface area contributed by atoms with E-state index in [0.717, 1.165) is 5.69 Å². The average molecular weight is 351 g/mol. The molecule has 1 aromatic carbocycles. The minimum Gasteiger partial charge on any atom is -0.353 e. The summed E-state index contributed by atoms with van der Waals surface area (Å²) in [6, 6.07) is 7.77. The fourth-order valence-corrected chi connectivity index (χ4v) is 2.68. The van der Waals surface area contributed by atoms with Gasteiger partial charge in [0, 0.05) is 36.6 Å². The Balaban J connectivity index is 2.19. The van der Waals surface area contributed by atoms with Crippen LogP contribution in [0.2, 0.25) is 5.02 Å². The topological polar surface area (TPSA) is 80.4 Å². The van der Waals surface area contributed by atoms with Gasteiger partial charge in [0.1, 0.15) is 5.56 Å². The number of benzene rings is 1. The maximum Gasteiger partial charge on any atom is 0.282 e. The van der Waals surface area contributed by atoms with Gasteiger partial charge in [0.25, 0.3) is 11.6 Å². The molecule has 0 saturated heterocycles. The van der Waals surface area contributed by atoms with Crippen molar-refractivity contribution < 1.29 is 9.72 Å². The van der Waals surface area contributed by atoms with Gasteiger partial charge in [-0.15, -0.1) is 0 Å². The van der Waals surface area contributed by atoms with Crippen LogP contribution >= 0.6 is 11.6 Å². The highest BCUT2D eigenvalue weighted by Crippen LogP contribution is 2.23.